The van der Waals surface area contributed by atoms with E-state index in [-0.39, 0.29) is 6.54 Å². The van der Waals surface area contributed by atoms with Crippen LogP contribution < -0.4 is 0 Å². The molecule has 1 aromatic carbocycles. The lowest BCUT2D eigenvalue weighted by Crippen LogP contribution is -2.22. The van der Waals surface area contributed by atoms with Crippen LogP contribution in [0.3, 0.4) is 0 Å². The second-order valence-corrected chi connectivity index (χ2v) is 4.06. The van der Waals surface area contributed by atoms with E-state index in [9.17, 15) is 19.0 Å². The van der Waals surface area contributed by atoms with E-state index in [4.69, 9.17) is 0 Å². The summed E-state index contributed by atoms with van der Waals surface area (Å²) < 4.78 is 26.0. The molecule has 0 aromatic heterocycles. The Morgan fingerprint density at radius 2 is 1.81 bits per heavy atom. The third-order valence-electron chi connectivity index (χ3n) is 2.74. The average Bonchev–Trinajstić information content (AvgIpc) is 2.51. The molecule has 1 aliphatic heterocycles. The summed E-state index contributed by atoms with van der Waals surface area (Å²) >= 11 is 0. The molecule has 3 nitrogen and oxygen atoms in total. The zero-order valence-electron chi connectivity index (χ0n) is 8.61. The fourth-order valence-electron chi connectivity index (χ4n) is 1.87. The van der Waals surface area contributed by atoms with Crippen LogP contribution >= 0.6 is 0 Å². The molecule has 2 N–H and O–H groups in total. The summed E-state index contributed by atoms with van der Waals surface area (Å²) in [5.74, 6) is -1.21. The normalized spacial score (nSPS) is 26.2. The fraction of sp³-hybridized carbons (Fsp3) is 0.455. The summed E-state index contributed by atoms with van der Waals surface area (Å²) in [5.41, 5.74) is 0.364. The largest absolute Gasteiger partial charge is 0.389 e. The van der Waals surface area contributed by atoms with Crippen LogP contribution in [0.2, 0.25) is 0 Å². The predicted molar refractivity (Wildman–Crippen MR) is 53.6 cm³/mol. The van der Waals surface area contributed by atoms with Gasteiger partial charge in [0.05, 0.1) is 12.2 Å². The number of halogens is 2. The van der Waals surface area contributed by atoms with E-state index in [2.05, 4.69) is 0 Å². The van der Waals surface area contributed by atoms with E-state index in [0.29, 0.717) is 18.7 Å². The van der Waals surface area contributed by atoms with Crippen molar-refractivity contribution in [3.63, 3.8) is 0 Å². The van der Waals surface area contributed by atoms with Crippen molar-refractivity contribution < 1.29 is 19.0 Å². The van der Waals surface area contributed by atoms with Crippen LogP contribution in [0.1, 0.15) is 5.56 Å². The zero-order chi connectivity index (χ0) is 11.7. The van der Waals surface area contributed by atoms with E-state index in [1.807, 2.05) is 0 Å². The Labute approximate surface area is 91.9 Å². The van der Waals surface area contributed by atoms with Crippen molar-refractivity contribution in [1.82, 2.24) is 4.90 Å². The van der Waals surface area contributed by atoms with Crippen molar-refractivity contribution >= 4 is 0 Å². The maximum atomic E-state index is 13.3. The molecule has 88 valence electrons. The monoisotopic (exact) mass is 229 g/mol. The Morgan fingerprint density at radius 1 is 1.19 bits per heavy atom. The van der Waals surface area contributed by atoms with Crippen LogP contribution in [0.15, 0.2) is 18.2 Å². The highest BCUT2D eigenvalue weighted by molar-refractivity contribution is 5.18. The van der Waals surface area contributed by atoms with Gasteiger partial charge in [-0.1, -0.05) is 6.07 Å². The molecule has 2 atom stereocenters. The second kappa shape index (κ2) is 4.45. The molecule has 0 bridgehead atoms. The van der Waals surface area contributed by atoms with Gasteiger partial charge in [-0.15, -0.1) is 0 Å². The zero-order valence-corrected chi connectivity index (χ0v) is 8.61. The fourth-order valence-corrected chi connectivity index (χ4v) is 1.87. The molecular weight excluding hydrogens is 216 g/mol. The molecule has 0 spiro atoms. The van der Waals surface area contributed by atoms with E-state index in [1.165, 1.54) is 12.1 Å². The number of aliphatic hydroxyl groups is 2. The van der Waals surface area contributed by atoms with Gasteiger partial charge >= 0.3 is 0 Å². The maximum absolute atomic E-state index is 13.3. The first kappa shape index (κ1) is 11.4. The Balaban J connectivity index is 2.05. The van der Waals surface area contributed by atoms with Gasteiger partial charge in [0.25, 0.3) is 0 Å². The average molecular weight is 229 g/mol. The number of hydrogen-bond donors (Lipinski definition) is 2. The topological polar surface area (TPSA) is 43.7 Å². The van der Waals surface area contributed by atoms with Gasteiger partial charge in [0.15, 0.2) is 0 Å². The van der Waals surface area contributed by atoms with Crippen LogP contribution in [0.25, 0.3) is 0 Å². The summed E-state index contributed by atoms with van der Waals surface area (Å²) in [7, 11) is 0. The smallest absolute Gasteiger partial charge is 0.130 e. The van der Waals surface area contributed by atoms with Crippen LogP contribution in [0.4, 0.5) is 8.78 Å². The lowest BCUT2D eigenvalue weighted by Gasteiger charge is -2.15. The quantitative estimate of drug-likeness (QED) is 0.776. The Kier molecular flexibility index (Phi) is 3.18. The van der Waals surface area contributed by atoms with Crippen LogP contribution in [-0.2, 0) is 6.54 Å². The molecule has 0 amide bonds. The number of rotatable bonds is 2. The van der Waals surface area contributed by atoms with Crippen molar-refractivity contribution in [3.8, 4) is 0 Å². The maximum Gasteiger partial charge on any atom is 0.130 e. The van der Waals surface area contributed by atoms with Crippen molar-refractivity contribution in [2.45, 2.75) is 18.8 Å². The highest BCUT2D eigenvalue weighted by atomic mass is 19.1. The van der Waals surface area contributed by atoms with Crippen molar-refractivity contribution in [3.05, 3.63) is 35.4 Å². The van der Waals surface area contributed by atoms with Gasteiger partial charge < -0.3 is 10.2 Å². The van der Waals surface area contributed by atoms with Gasteiger partial charge in [-0.3, -0.25) is 4.90 Å². The van der Waals surface area contributed by atoms with E-state index < -0.39 is 23.8 Å². The number of benzene rings is 1. The highest BCUT2D eigenvalue weighted by Gasteiger charge is 2.29. The molecule has 0 radical (unpaired) electrons. The van der Waals surface area contributed by atoms with E-state index >= 15 is 0 Å². The SMILES string of the molecule is OC1CN(Cc2ccc(F)cc2F)CC1O. The summed E-state index contributed by atoms with van der Waals surface area (Å²) in [6.45, 7) is 0.871. The molecule has 1 saturated heterocycles. The summed E-state index contributed by atoms with van der Waals surface area (Å²) in [6, 6.07) is 3.40. The summed E-state index contributed by atoms with van der Waals surface area (Å²) in [5, 5.41) is 18.6. The second-order valence-electron chi connectivity index (χ2n) is 4.06. The predicted octanol–water partition coefficient (Wildman–Crippen LogP) is 0.502. The number of β-amino-alcohol motifs (C(OH)–C–C–N with tert-alkyl or cyclic N) is 2. The van der Waals surface area contributed by atoms with Crippen LogP contribution in [-0.4, -0.2) is 40.4 Å². The van der Waals surface area contributed by atoms with Crippen LogP contribution in [0, 0.1) is 11.6 Å². The van der Waals surface area contributed by atoms with E-state index in [1.54, 1.807) is 4.90 Å². The molecule has 0 saturated carbocycles. The summed E-state index contributed by atoms with van der Waals surface area (Å²) in [6.07, 6.45) is -1.58. The highest BCUT2D eigenvalue weighted by Crippen LogP contribution is 2.16. The van der Waals surface area contributed by atoms with E-state index in [0.717, 1.165) is 6.07 Å². The van der Waals surface area contributed by atoms with Crippen molar-refractivity contribution in [2.24, 2.45) is 0 Å². The molecule has 2 rings (SSSR count). The number of aliphatic hydroxyl groups excluding tert-OH is 2. The van der Waals surface area contributed by atoms with Crippen molar-refractivity contribution in [1.29, 1.82) is 0 Å². The molecule has 16 heavy (non-hydrogen) atoms. The molecule has 0 aliphatic carbocycles. The van der Waals surface area contributed by atoms with Gasteiger partial charge in [0.2, 0.25) is 0 Å². The van der Waals surface area contributed by atoms with Gasteiger partial charge in [-0.05, 0) is 6.07 Å². The third kappa shape index (κ3) is 2.37. The minimum Gasteiger partial charge on any atom is -0.389 e. The third-order valence-corrected chi connectivity index (χ3v) is 2.74. The molecule has 5 heteroatoms. The van der Waals surface area contributed by atoms with Gasteiger partial charge in [-0.25, -0.2) is 8.78 Å². The van der Waals surface area contributed by atoms with Gasteiger partial charge in [-0.2, -0.15) is 0 Å². The lowest BCUT2D eigenvalue weighted by molar-refractivity contribution is 0.0572. The Hall–Kier alpha value is -1.04. The first-order valence-electron chi connectivity index (χ1n) is 5.08. The van der Waals surface area contributed by atoms with Crippen molar-refractivity contribution in [2.75, 3.05) is 13.1 Å². The first-order valence-corrected chi connectivity index (χ1v) is 5.08. The molecule has 1 aromatic rings. The molecular formula is C11H13F2NO2. The van der Waals surface area contributed by atoms with Gasteiger partial charge in [0.1, 0.15) is 11.6 Å². The standard InChI is InChI=1S/C11H13F2NO2/c12-8-2-1-7(9(13)3-8)4-14-5-10(15)11(16)6-14/h1-3,10-11,15-16H,4-6H2. The summed E-state index contributed by atoms with van der Waals surface area (Å²) in [4.78, 5) is 1.73. The number of likely N-dealkylation sites (tertiary alicyclic amines) is 1. The minimum absolute atomic E-state index is 0.264. The number of nitrogens with zero attached hydrogens (tertiary/aromatic N) is 1. The van der Waals surface area contributed by atoms with Gasteiger partial charge in [0, 0.05) is 31.3 Å². The Morgan fingerprint density at radius 3 is 2.38 bits per heavy atom. The lowest BCUT2D eigenvalue weighted by atomic mass is 10.2. The molecule has 1 aliphatic rings. The molecule has 1 fully saturated rings. The first-order chi connectivity index (χ1) is 7.56. The van der Waals surface area contributed by atoms with Crippen LogP contribution in [0.5, 0.6) is 0 Å². The number of hydrogen-bond acceptors (Lipinski definition) is 3. The molecule has 1 heterocycles. The minimum atomic E-state index is -0.788. The molecule has 2 unspecified atom stereocenters. The Bertz CT molecular complexity index is 376.